The number of hydrogen-bond acceptors (Lipinski definition) is 2. The smallest absolute Gasteiger partial charge is 0.123 e. The molecule has 0 fully saturated rings. The van der Waals surface area contributed by atoms with Crippen molar-refractivity contribution >= 4 is 15.9 Å². The Bertz CT molecular complexity index is 681. The first kappa shape index (κ1) is 13.3. The molecule has 2 aromatic rings. The highest BCUT2D eigenvalue weighted by Gasteiger charge is 2.17. The summed E-state index contributed by atoms with van der Waals surface area (Å²) in [5, 5.41) is 18.5. The van der Waals surface area contributed by atoms with Gasteiger partial charge in [0.2, 0.25) is 0 Å². The summed E-state index contributed by atoms with van der Waals surface area (Å²) in [6.07, 6.45) is 0. The van der Waals surface area contributed by atoms with Crippen LogP contribution in [0, 0.1) is 28.5 Å². The van der Waals surface area contributed by atoms with E-state index in [9.17, 15) is 9.65 Å². The van der Waals surface area contributed by atoms with Crippen LogP contribution in [-0.4, -0.2) is 0 Å². The van der Waals surface area contributed by atoms with Gasteiger partial charge >= 0.3 is 0 Å². The van der Waals surface area contributed by atoms with E-state index in [1.807, 2.05) is 0 Å². The van der Waals surface area contributed by atoms with Crippen molar-refractivity contribution in [2.45, 2.75) is 5.92 Å². The number of hydrogen-bond donors (Lipinski definition) is 0. The molecule has 92 valence electrons. The minimum atomic E-state index is -0.590. The SMILES string of the molecule is N#Cc1ccc(Br)cc1C(C#N)c1ccc(F)cc1. The maximum atomic E-state index is 12.9. The van der Waals surface area contributed by atoms with Crippen LogP contribution in [0.15, 0.2) is 46.9 Å². The lowest BCUT2D eigenvalue weighted by atomic mass is 9.89. The molecule has 0 aromatic heterocycles. The highest BCUT2D eigenvalue weighted by Crippen LogP contribution is 2.29. The van der Waals surface area contributed by atoms with E-state index >= 15 is 0 Å². The zero-order chi connectivity index (χ0) is 13.8. The topological polar surface area (TPSA) is 47.6 Å². The van der Waals surface area contributed by atoms with Crippen LogP contribution in [0.1, 0.15) is 22.6 Å². The molecule has 0 aliphatic heterocycles. The van der Waals surface area contributed by atoms with Crippen molar-refractivity contribution in [1.29, 1.82) is 10.5 Å². The van der Waals surface area contributed by atoms with E-state index in [1.54, 1.807) is 30.3 Å². The van der Waals surface area contributed by atoms with E-state index in [2.05, 4.69) is 28.1 Å². The average Bonchev–Trinajstić information content (AvgIpc) is 2.42. The van der Waals surface area contributed by atoms with Crippen LogP contribution in [0.3, 0.4) is 0 Å². The van der Waals surface area contributed by atoms with Gasteiger partial charge < -0.3 is 0 Å². The summed E-state index contributed by atoms with van der Waals surface area (Å²) in [5.41, 5.74) is 1.73. The van der Waals surface area contributed by atoms with Crippen molar-refractivity contribution in [1.82, 2.24) is 0 Å². The molecule has 1 atom stereocenters. The van der Waals surface area contributed by atoms with Crippen molar-refractivity contribution in [3.05, 3.63) is 69.4 Å². The number of nitrogens with zero attached hydrogens (tertiary/aromatic N) is 2. The molecule has 0 heterocycles. The van der Waals surface area contributed by atoms with Crippen molar-refractivity contribution in [2.24, 2.45) is 0 Å². The molecule has 19 heavy (non-hydrogen) atoms. The molecule has 4 heteroatoms. The van der Waals surface area contributed by atoms with Crippen LogP contribution in [0.4, 0.5) is 4.39 Å². The second kappa shape index (κ2) is 5.65. The predicted molar refractivity (Wildman–Crippen MR) is 72.7 cm³/mol. The fourth-order valence-corrected chi connectivity index (χ4v) is 2.23. The monoisotopic (exact) mass is 314 g/mol. The van der Waals surface area contributed by atoms with Gasteiger partial charge in [0, 0.05) is 4.47 Å². The Kier molecular flexibility index (Phi) is 3.94. The predicted octanol–water partition coefficient (Wildman–Crippen LogP) is 4.12. The Hall–Kier alpha value is -2.17. The fraction of sp³-hybridized carbons (Fsp3) is 0.0667. The van der Waals surface area contributed by atoms with Gasteiger partial charge in [-0.15, -0.1) is 0 Å². The van der Waals surface area contributed by atoms with E-state index in [0.29, 0.717) is 16.7 Å². The lowest BCUT2D eigenvalue weighted by Gasteiger charge is -2.12. The standard InChI is InChI=1S/C15H8BrFN2/c16-12-4-1-11(8-18)14(7-12)15(9-19)10-2-5-13(17)6-3-10/h1-7,15H. The summed E-state index contributed by atoms with van der Waals surface area (Å²) in [6.45, 7) is 0. The first-order chi connectivity index (χ1) is 9.15. The second-order valence-electron chi connectivity index (χ2n) is 3.96. The van der Waals surface area contributed by atoms with Crippen molar-refractivity contribution in [2.75, 3.05) is 0 Å². The van der Waals surface area contributed by atoms with Crippen LogP contribution in [0.2, 0.25) is 0 Å². The molecule has 2 aromatic carbocycles. The van der Waals surface area contributed by atoms with E-state index in [4.69, 9.17) is 5.26 Å². The minimum absolute atomic E-state index is 0.352. The molecular formula is C15H8BrFN2. The number of halogens is 2. The summed E-state index contributed by atoms with van der Waals surface area (Å²) >= 11 is 3.33. The maximum Gasteiger partial charge on any atom is 0.123 e. The Morgan fingerprint density at radius 1 is 1.05 bits per heavy atom. The normalized spacial score (nSPS) is 11.4. The molecule has 0 amide bonds. The number of nitriles is 2. The highest BCUT2D eigenvalue weighted by molar-refractivity contribution is 9.10. The molecule has 0 aliphatic rings. The lowest BCUT2D eigenvalue weighted by Crippen LogP contribution is -2.01. The third-order valence-corrected chi connectivity index (χ3v) is 3.27. The average molecular weight is 315 g/mol. The summed E-state index contributed by atoms with van der Waals surface area (Å²) in [6, 6.07) is 15.1. The summed E-state index contributed by atoms with van der Waals surface area (Å²) < 4.78 is 13.7. The lowest BCUT2D eigenvalue weighted by molar-refractivity contribution is 0.627. The molecule has 0 N–H and O–H groups in total. The third-order valence-electron chi connectivity index (χ3n) is 2.78. The van der Waals surface area contributed by atoms with Crippen molar-refractivity contribution in [3.63, 3.8) is 0 Å². The van der Waals surface area contributed by atoms with Gasteiger partial charge in [-0.2, -0.15) is 10.5 Å². The quantitative estimate of drug-likeness (QED) is 0.837. The summed E-state index contributed by atoms with van der Waals surface area (Å²) in [5.74, 6) is -0.942. The van der Waals surface area contributed by atoms with Gasteiger partial charge in [-0.3, -0.25) is 0 Å². The van der Waals surface area contributed by atoms with E-state index < -0.39 is 5.92 Å². The maximum absolute atomic E-state index is 12.9. The molecule has 0 bridgehead atoms. The van der Waals surface area contributed by atoms with Gasteiger partial charge in [0.25, 0.3) is 0 Å². The summed E-state index contributed by atoms with van der Waals surface area (Å²) in [7, 11) is 0. The van der Waals surface area contributed by atoms with Gasteiger partial charge in [0.15, 0.2) is 0 Å². The molecular weight excluding hydrogens is 307 g/mol. The number of benzene rings is 2. The third kappa shape index (κ3) is 2.81. The zero-order valence-corrected chi connectivity index (χ0v) is 11.4. The fourth-order valence-electron chi connectivity index (χ4n) is 1.85. The number of rotatable bonds is 2. The Morgan fingerprint density at radius 3 is 2.32 bits per heavy atom. The van der Waals surface area contributed by atoms with Crippen LogP contribution in [0.25, 0.3) is 0 Å². The molecule has 0 radical (unpaired) electrons. The molecule has 1 unspecified atom stereocenters. The highest BCUT2D eigenvalue weighted by atomic mass is 79.9. The molecule has 2 rings (SSSR count). The molecule has 0 spiro atoms. The Balaban J connectivity index is 2.55. The van der Waals surface area contributed by atoms with E-state index in [1.165, 1.54) is 12.1 Å². The second-order valence-corrected chi connectivity index (χ2v) is 4.87. The van der Waals surface area contributed by atoms with Crippen molar-refractivity contribution in [3.8, 4) is 12.1 Å². The van der Waals surface area contributed by atoms with Crippen LogP contribution >= 0.6 is 15.9 Å². The van der Waals surface area contributed by atoms with Gasteiger partial charge in [-0.25, -0.2) is 4.39 Å². The van der Waals surface area contributed by atoms with Gasteiger partial charge in [0.1, 0.15) is 5.82 Å². The first-order valence-electron chi connectivity index (χ1n) is 5.50. The minimum Gasteiger partial charge on any atom is -0.207 e. The van der Waals surface area contributed by atoms with Gasteiger partial charge in [0.05, 0.1) is 23.6 Å². The summed E-state index contributed by atoms with van der Waals surface area (Å²) in [4.78, 5) is 0. The molecule has 0 saturated heterocycles. The van der Waals surface area contributed by atoms with Crippen LogP contribution < -0.4 is 0 Å². The van der Waals surface area contributed by atoms with E-state index in [-0.39, 0.29) is 5.82 Å². The van der Waals surface area contributed by atoms with E-state index in [0.717, 1.165) is 4.47 Å². The van der Waals surface area contributed by atoms with Crippen LogP contribution in [-0.2, 0) is 0 Å². The molecule has 0 aliphatic carbocycles. The largest absolute Gasteiger partial charge is 0.207 e. The van der Waals surface area contributed by atoms with Crippen molar-refractivity contribution < 1.29 is 4.39 Å². The van der Waals surface area contributed by atoms with Crippen LogP contribution in [0.5, 0.6) is 0 Å². The molecule has 0 saturated carbocycles. The Labute approximate surface area is 118 Å². The zero-order valence-electron chi connectivity index (χ0n) is 9.77. The first-order valence-corrected chi connectivity index (χ1v) is 6.29. The van der Waals surface area contributed by atoms with Gasteiger partial charge in [-0.05, 0) is 41.5 Å². The Morgan fingerprint density at radius 2 is 1.74 bits per heavy atom. The molecule has 2 nitrogen and oxygen atoms in total. The van der Waals surface area contributed by atoms with Gasteiger partial charge in [-0.1, -0.05) is 28.1 Å².